The Bertz CT molecular complexity index is 895. The van der Waals surface area contributed by atoms with Crippen molar-refractivity contribution in [3.63, 3.8) is 0 Å². The molecule has 0 radical (unpaired) electrons. The predicted molar refractivity (Wildman–Crippen MR) is 150 cm³/mol. The Labute approximate surface area is 224 Å². The molecule has 0 amide bonds. The summed E-state index contributed by atoms with van der Waals surface area (Å²) in [6.07, 6.45) is 9.29. The number of nitrogens with one attached hydrogen (secondary N) is 1. The fraction of sp³-hybridized carbons (Fsp3) is 0.571. The Morgan fingerprint density at radius 1 is 0.943 bits per heavy atom. The van der Waals surface area contributed by atoms with Gasteiger partial charge in [0.25, 0.3) is 0 Å². The molecule has 1 aliphatic carbocycles. The van der Waals surface area contributed by atoms with Crippen LogP contribution in [0.4, 0.5) is 0 Å². The van der Waals surface area contributed by atoms with Crippen molar-refractivity contribution < 1.29 is 14.2 Å². The highest BCUT2D eigenvalue weighted by Crippen LogP contribution is 2.38. The molecule has 1 aliphatic rings. The van der Waals surface area contributed by atoms with Gasteiger partial charge in [-0.05, 0) is 67.9 Å². The minimum atomic E-state index is 0. The van der Waals surface area contributed by atoms with Crippen LogP contribution in [0.1, 0.15) is 61.3 Å². The SMILES string of the molecule is CCCCCCN(NCCc1ccc(OC)c(C)c1)C1CCc2c(ccc(OC)c2OC)C1.Cl.Cl. The number of nitrogens with zero attached hydrogens (tertiary/aromatic N) is 1. The van der Waals surface area contributed by atoms with Gasteiger partial charge in [-0.15, -0.1) is 24.8 Å². The topological polar surface area (TPSA) is 43.0 Å². The molecule has 7 heteroatoms. The maximum atomic E-state index is 5.70. The van der Waals surface area contributed by atoms with E-state index in [4.69, 9.17) is 14.2 Å². The van der Waals surface area contributed by atoms with Gasteiger partial charge >= 0.3 is 0 Å². The van der Waals surface area contributed by atoms with Crippen molar-refractivity contribution in [3.05, 3.63) is 52.6 Å². The normalized spacial score (nSPS) is 14.5. The van der Waals surface area contributed by atoms with E-state index in [1.165, 1.54) is 47.9 Å². The number of benzene rings is 2. The van der Waals surface area contributed by atoms with Crippen molar-refractivity contribution in [2.75, 3.05) is 34.4 Å². The molecule has 0 heterocycles. The van der Waals surface area contributed by atoms with Crippen LogP contribution in [0.25, 0.3) is 0 Å². The van der Waals surface area contributed by atoms with E-state index >= 15 is 0 Å². The number of hydrazine groups is 1. The number of aryl methyl sites for hydroxylation is 1. The van der Waals surface area contributed by atoms with E-state index in [1.54, 1.807) is 21.3 Å². The smallest absolute Gasteiger partial charge is 0.164 e. The monoisotopic (exact) mass is 526 g/mol. The molecule has 1 unspecified atom stereocenters. The second kappa shape index (κ2) is 16.2. The third-order valence-electron chi connectivity index (χ3n) is 6.81. The molecule has 198 valence electrons. The lowest BCUT2D eigenvalue weighted by Crippen LogP contribution is -2.49. The van der Waals surface area contributed by atoms with Crippen LogP contribution in [-0.2, 0) is 19.3 Å². The number of ether oxygens (including phenoxy) is 3. The molecule has 35 heavy (non-hydrogen) atoms. The predicted octanol–water partition coefficient (Wildman–Crippen LogP) is 6.35. The summed E-state index contributed by atoms with van der Waals surface area (Å²) in [6.45, 7) is 6.41. The lowest BCUT2D eigenvalue weighted by molar-refractivity contribution is 0.109. The van der Waals surface area contributed by atoms with Crippen LogP contribution in [0.15, 0.2) is 30.3 Å². The van der Waals surface area contributed by atoms with Crippen LogP contribution >= 0.6 is 24.8 Å². The summed E-state index contributed by atoms with van der Waals surface area (Å²) in [7, 11) is 5.18. The number of unbranched alkanes of at least 4 members (excludes halogenated alkanes) is 3. The van der Waals surface area contributed by atoms with Crippen LogP contribution in [0.5, 0.6) is 17.2 Å². The van der Waals surface area contributed by atoms with Crippen molar-refractivity contribution in [2.45, 2.75) is 71.3 Å². The van der Waals surface area contributed by atoms with E-state index in [0.717, 1.165) is 56.0 Å². The molecule has 0 bridgehead atoms. The van der Waals surface area contributed by atoms with Gasteiger partial charge in [0, 0.05) is 24.7 Å². The quantitative estimate of drug-likeness (QED) is 0.243. The van der Waals surface area contributed by atoms with Gasteiger partial charge in [0.05, 0.1) is 21.3 Å². The third kappa shape index (κ3) is 8.45. The molecule has 1 N–H and O–H groups in total. The Balaban J connectivity index is 0.00000306. The summed E-state index contributed by atoms with van der Waals surface area (Å²) in [4.78, 5) is 0. The van der Waals surface area contributed by atoms with Crippen LogP contribution in [0, 0.1) is 6.92 Å². The van der Waals surface area contributed by atoms with Gasteiger partial charge in [0.2, 0.25) is 0 Å². The summed E-state index contributed by atoms with van der Waals surface area (Å²) in [6, 6.07) is 11.3. The van der Waals surface area contributed by atoms with Crippen LogP contribution in [-0.4, -0.2) is 45.5 Å². The van der Waals surface area contributed by atoms with Crippen LogP contribution in [0.2, 0.25) is 0 Å². The number of hydrogen-bond acceptors (Lipinski definition) is 5. The lowest BCUT2D eigenvalue weighted by Gasteiger charge is -2.36. The van der Waals surface area contributed by atoms with Gasteiger partial charge in [0.15, 0.2) is 11.5 Å². The lowest BCUT2D eigenvalue weighted by atomic mass is 9.87. The van der Waals surface area contributed by atoms with Crippen LogP contribution in [0.3, 0.4) is 0 Å². The van der Waals surface area contributed by atoms with E-state index in [9.17, 15) is 0 Å². The summed E-state index contributed by atoms with van der Waals surface area (Å²) in [5, 5.41) is 2.52. The number of hydrogen-bond donors (Lipinski definition) is 1. The summed E-state index contributed by atoms with van der Waals surface area (Å²) < 4.78 is 16.6. The Kier molecular flexibility index (Phi) is 14.5. The zero-order valence-corrected chi connectivity index (χ0v) is 23.7. The summed E-state index contributed by atoms with van der Waals surface area (Å²) in [5.74, 6) is 2.70. The minimum Gasteiger partial charge on any atom is -0.496 e. The number of methoxy groups -OCH3 is 3. The zero-order chi connectivity index (χ0) is 23.6. The first-order valence-corrected chi connectivity index (χ1v) is 12.5. The standard InChI is InChI=1S/C28H42N2O3.2ClH/c1-6-7-8-9-18-30(29-17-16-22-10-14-26(31-3)21(2)19-22)24-12-13-25-23(20-24)11-15-27(32-4)28(25)33-5;;/h10-11,14-15,19,24,29H,6-9,12-13,16-18,20H2,1-5H3;2*1H. The molecule has 0 saturated heterocycles. The van der Waals surface area contributed by atoms with E-state index < -0.39 is 0 Å². The highest BCUT2D eigenvalue weighted by Gasteiger charge is 2.27. The zero-order valence-electron chi connectivity index (χ0n) is 22.0. The van der Waals surface area contributed by atoms with Crippen molar-refractivity contribution in [3.8, 4) is 17.2 Å². The molecular formula is C28H44Cl2N2O3. The van der Waals surface area contributed by atoms with Crippen molar-refractivity contribution in [2.24, 2.45) is 0 Å². The molecule has 2 aromatic carbocycles. The van der Waals surface area contributed by atoms with E-state index in [1.807, 2.05) is 6.07 Å². The third-order valence-corrected chi connectivity index (χ3v) is 6.81. The highest BCUT2D eigenvalue weighted by atomic mass is 35.5. The summed E-state index contributed by atoms with van der Waals surface area (Å²) >= 11 is 0. The molecule has 0 aliphatic heterocycles. The van der Waals surface area contributed by atoms with Crippen molar-refractivity contribution in [1.29, 1.82) is 0 Å². The molecule has 3 rings (SSSR count). The van der Waals surface area contributed by atoms with E-state index in [0.29, 0.717) is 6.04 Å². The maximum Gasteiger partial charge on any atom is 0.164 e. The van der Waals surface area contributed by atoms with E-state index in [2.05, 4.69) is 48.5 Å². The Hall–Kier alpha value is -1.66. The minimum absolute atomic E-state index is 0. The van der Waals surface area contributed by atoms with E-state index in [-0.39, 0.29) is 24.8 Å². The second-order valence-corrected chi connectivity index (χ2v) is 9.05. The van der Waals surface area contributed by atoms with Gasteiger partial charge in [-0.2, -0.15) is 0 Å². The first-order valence-electron chi connectivity index (χ1n) is 12.5. The molecule has 0 saturated carbocycles. The van der Waals surface area contributed by atoms with Gasteiger partial charge in [-0.25, -0.2) is 5.01 Å². The van der Waals surface area contributed by atoms with Crippen molar-refractivity contribution in [1.82, 2.24) is 10.4 Å². The molecule has 0 spiro atoms. The largest absolute Gasteiger partial charge is 0.496 e. The fourth-order valence-corrected chi connectivity index (χ4v) is 4.97. The van der Waals surface area contributed by atoms with Gasteiger partial charge in [0.1, 0.15) is 5.75 Å². The average Bonchev–Trinajstić information content (AvgIpc) is 2.84. The van der Waals surface area contributed by atoms with Gasteiger partial charge in [-0.1, -0.05) is 44.4 Å². The Morgan fingerprint density at radius 2 is 1.69 bits per heavy atom. The van der Waals surface area contributed by atoms with Gasteiger partial charge < -0.3 is 14.2 Å². The second-order valence-electron chi connectivity index (χ2n) is 9.05. The molecule has 2 aromatic rings. The molecule has 0 fully saturated rings. The highest BCUT2D eigenvalue weighted by molar-refractivity contribution is 5.85. The first kappa shape index (κ1) is 31.4. The molecule has 5 nitrogen and oxygen atoms in total. The van der Waals surface area contributed by atoms with Crippen LogP contribution < -0.4 is 19.6 Å². The molecular weight excluding hydrogens is 483 g/mol. The summed E-state index contributed by atoms with van der Waals surface area (Å²) in [5.41, 5.74) is 9.03. The number of halogens is 2. The van der Waals surface area contributed by atoms with Gasteiger partial charge in [-0.3, -0.25) is 5.43 Å². The molecule has 1 atom stereocenters. The average molecular weight is 528 g/mol. The Morgan fingerprint density at radius 3 is 2.34 bits per heavy atom. The first-order chi connectivity index (χ1) is 16.1. The van der Waals surface area contributed by atoms with Crippen molar-refractivity contribution >= 4 is 24.8 Å². The number of rotatable bonds is 13. The fourth-order valence-electron chi connectivity index (χ4n) is 4.97. The maximum absolute atomic E-state index is 5.70. The number of fused-ring (bicyclic) bond motifs is 1. The molecule has 0 aromatic heterocycles.